The van der Waals surface area contributed by atoms with Gasteiger partial charge in [0, 0.05) is 0 Å². The Morgan fingerprint density at radius 2 is 2.07 bits per heavy atom. The molecule has 0 aliphatic rings. The van der Waals surface area contributed by atoms with Crippen molar-refractivity contribution in [3.8, 4) is 0 Å². The van der Waals surface area contributed by atoms with Crippen LogP contribution in [-0.2, 0) is 9.30 Å². The van der Waals surface area contributed by atoms with Crippen LogP contribution in [0.2, 0.25) is 0 Å². The number of esters is 1. The highest BCUT2D eigenvalue weighted by molar-refractivity contribution is 7.60. The van der Waals surface area contributed by atoms with E-state index in [-0.39, 0.29) is 10.9 Å². The predicted octanol–water partition coefficient (Wildman–Crippen LogP) is 0.276. The average Bonchev–Trinajstić information content (AvgIpc) is 2.15. The van der Waals surface area contributed by atoms with Crippen molar-refractivity contribution in [2.24, 2.45) is 0 Å². The number of methoxy groups -OCH3 is 1. The maximum Gasteiger partial charge on any atom is 0.356 e. The lowest BCUT2D eigenvalue weighted by molar-refractivity contribution is 0.0601. The fourth-order valence-electron chi connectivity index (χ4n) is 0.932. The Labute approximate surface area is 80.5 Å². The Balaban J connectivity index is 3.14. The van der Waals surface area contributed by atoms with Gasteiger partial charge in [-0.05, 0) is 18.2 Å². The minimum Gasteiger partial charge on any atom is -0.465 e. The third-order valence-electron chi connectivity index (χ3n) is 1.60. The molecule has 0 heterocycles. The summed E-state index contributed by atoms with van der Waals surface area (Å²) in [6, 6.07) is 5.19. The van der Waals surface area contributed by atoms with Crippen molar-refractivity contribution in [2.75, 3.05) is 7.11 Å². The largest absolute Gasteiger partial charge is 0.465 e. The molecule has 0 saturated carbocycles. The Morgan fingerprint density at radius 3 is 2.57 bits per heavy atom. The molecular weight excluding hydrogens is 207 g/mol. The van der Waals surface area contributed by atoms with Gasteiger partial charge in [-0.15, -0.1) is 0 Å². The molecule has 1 rings (SSSR count). The Hall–Kier alpha value is -1.16. The molecule has 0 aliphatic heterocycles. The van der Waals surface area contributed by atoms with Gasteiger partial charge in [0.1, 0.15) is 0 Å². The molecule has 0 aromatic heterocycles. The molecule has 0 radical (unpaired) electrons. The van der Waals surface area contributed by atoms with Gasteiger partial charge in [-0.2, -0.15) is 0 Å². The van der Waals surface area contributed by atoms with Crippen molar-refractivity contribution in [1.82, 2.24) is 0 Å². The molecule has 76 valence electrons. The SMILES string of the molecule is COC(=O)c1cccc(P(=O)(O)O)c1. The molecule has 0 fully saturated rings. The van der Waals surface area contributed by atoms with Crippen molar-refractivity contribution in [2.45, 2.75) is 0 Å². The van der Waals surface area contributed by atoms with Gasteiger partial charge in [0.2, 0.25) is 0 Å². The standard InChI is InChI=1S/C8H9O5P/c1-13-8(9)6-3-2-4-7(5-6)14(10,11)12/h2-5H,1H3,(H2,10,11,12). The van der Waals surface area contributed by atoms with E-state index in [1.807, 2.05) is 0 Å². The normalized spacial score (nSPS) is 11.1. The van der Waals surface area contributed by atoms with Gasteiger partial charge in [-0.1, -0.05) is 6.07 Å². The molecule has 1 aromatic carbocycles. The van der Waals surface area contributed by atoms with Crippen LogP contribution in [-0.4, -0.2) is 22.9 Å². The number of carbonyl (C=O) groups is 1. The molecule has 0 atom stereocenters. The third-order valence-corrected chi connectivity index (χ3v) is 2.55. The first-order valence-electron chi connectivity index (χ1n) is 3.69. The monoisotopic (exact) mass is 216 g/mol. The zero-order chi connectivity index (χ0) is 10.8. The molecule has 1 aromatic rings. The summed E-state index contributed by atoms with van der Waals surface area (Å²) in [5.41, 5.74) is 0.119. The summed E-state index contributed by atoms with van der Waals surface area (Å²) in [5.74, 6) is -0.625. The molecule has 6 heteroatoms. The van der Waals surface area contributed by atoms with E-state index >= 15 is 0 Å². The molecular formula is C8H9O5P. The molecule has 0 unspecified atom stereocenters. The van der Waals surface area contributed by atoms with Gasteiger partial charge in [0.05, 0.1) is 18.0 Å². The lowest BCUT2D eigenvalue weighted by Crippen LogP contribution is -2.08. The second kappa shape index (κ2) is 3.92. The molecule has 0 aliphatic carbocycles. The van der Waals surface area contributed by atoms with E-state index < -0.39 is 13.6 Å². The van der Waals surface area contributed by atoms with Crippen LogP contribution in [0.1, 0.15) is 10.4 Å². The van der Waals surface area contributed by atoms with Crippen molar-refractivity contribution < 1.29 is 23.9 Å². The number of hydrogen-bond acceptors (Lipinski definition) is 3. The average molecular weight is 216 g/mol. The van der Waals surface area contributed by atoms with Gasteiger partial charge >= 0.3 is 13.6 Å². The third kappa shape index (κ3) is 2.42. The van der Waals surface area contributed by atoms with E-state index in [1.165, 1.54) is 25.3 Å². The van der Waals surface area contributed by atoms with E-state index in [2.05, 4.69) is 4.74 Å². The first-order chi connectivity index (χ1) is 6.45. The van der Waals surface area contributed by atoms with Crippen LogP contribution < -0.4 is 5.30 Å². The summed E-state index contributed by atoms with van der Waals surface area (Å²) < 4.78 is 15.3. The molecule has 5 nitrogen and oxygen atoms in total. The Morgan fingerprint density at radius 1 is 1.43 bits per heavy atom. The number of rotatable bonds is 2. The first-order valence-corrected chi connectivity index (χ1v) is 5.31. The predicted molar refractivity (Wildman–Crippen MR) is 49.5 cm³/mol. The number of benzene rings is 1. The number of carbonyl (C=O) groups excluding carboxylic acids is 1. The second-order valence-electron chi connectivity index (χ2n) is 2.59. The van der Waals surface area contributed by atoms with Gasteiger partial charge in [-0.3, -0.25) is 4.57 Å². The van der Waals surface area contributed by atoms with Crippen LogP contribution in [0.4, 0.5) is 0 Å². The van der Waals surface area contributed by atoms with Crippen LogP contribution in [0.3, 0.4) is 0 Å². The molecule has 14 heavy (non-hydrogen) atoms. The molecule has 0 bridgehead atoms. The van der Waals surface area contributed by atoms with Crippen LogP contribution in [0.5, 0.6) is 0 Å². The summed E-state index contributed by atoms with van der Waals surface area (Å²) >= 11 is 0. The highest BCUT2D eigenvalue weighted by Crippen LogP contribution is 2.33. The highest BCUT2D eigenvalue weighted by atomic mass is 31.2. The zero-order valence-corrected chi connectivity index (χ0v) is 8.27. The van der Waals surface area contributed by atoms with Crippen LogP contribution in [0.15, 0.2) is 24.3 Å². The number of ether oxygens (including phenoxy) is 1. The summed E-state index contributed by atoms with van der Waals surface area (Å²) in [5, 5.41) is -0.194. The van der Waals surface area contributed by atoms with E-state index in [4.69, 9.17) is 9.79 Å². The van der Waals surface area contributed by atoms with E-state index in [1.54, 1.807) is 0 Å². The fourth-order valence-corrected chi connectivity index (χ4v) is 1.52. The van der Waals surface area contributed by atoms with Crippen molar-refractivity contribution >= 4 is 18.9 Å². The second-order valence-corrected chi connectivity index (χ2v) is 4.19. The van der Waals surface area contributed by atoms with E-state index in [9.17, 15) is 9.36 Å². The van der Waals surface area contributed by atoms with Gasteiger partial charge in [0.15, 0.2) is 0 Å². The maximum absolute atomic E-state index is 11.0. The van der Waals surface area contributed by atoms with Crippen LogP contribution >= 0.6 is 7.60 Å². The fraction of sp³-hybridized carbons (Fsp3) is 0.125. The van der Waals surface area contributed by atoms with E-state index in [0.29, 0.717) is 0 Å². The minimum atomic E-state index is -4.30. The van der Waals surface area contributed by atoms with E-state index in [0.717, 1.165) is 6.07 Å². The Kier molecular flexibility index (Phi) is 3.06. The lowest BCUT2D eigenvalue weighted by atomic mass is 10.2. The topological polar surface area (TPSA) is 83.8 Å². The lowest BCUT2D eigenvalue weighted by Gasteiger charge is -2.05. The van der Waals surface area contributed by atoms with Crippen LogP contribution in [0.25, 0.3) is 0 Å². The molecule has 2 N–H and O–H groups in total. The van der Waals surface area contributed by atoms with Crippen molar-refractivity contribution in [1.29, 1.82) is 0 Å². The summed E-state index contributed by atoms with van der Waals surface area (Å²) in [6.45, 7) is 0. The van der Waals surface area contributed by atoms with Crippen molar-refractivity contribution in [3.63, 3.8) is 0 Å². The molecule has 0 saturated heterocycles. The van der Waals surface area contributed by atoms with Gasteiger partial charge in [-0.25, -0.2) is 4.79 Å². The molecule has 0 amide bonds. The quantitative estimate of drug-likeness (QED) is 0.547. The number of hydrogen-bond donors (Lipinski definition) is 2. The highest BCUT2D eigenvalue weighted by Gasteiger charge is 2.18. The first kappa shape index (κ1) is 10.9. The zero-order valence-electron chi connectivity index (χ0n) is 7.38. The van der Waals surface area contributed by atoms with Crippen LogP contribution in [0, 0.1) is 0 Å². The van der Waals surface area contributed by atoms with Gasteiger partial charge < -0.3 is 14.5 Å². The molecule has 0 spiro atoms. The maximum atomic E-state index is 11.0. The van der Waals surface area contributed by atoms with Crippen molar-refractivity contribution in [3.05, 3.63) is 29.8 Å². The minimum absolute atomic E-state index is 0.119. The Bertz CT molecular complexity index is 394. The van der Waals surface area contributed by atoms with Gasteiger partial charge in [0.25, 0.3) is 0 Å². The summed E-state index contributed by atoms with van der Waals surface area (Å²) in [7, 11) is -3.10. The smallest absolute Gasteiger partial charge is 0.356 e. The summed E-state index contributed by atoms with van der Waals surface area (Å²) in [6.07, 6.45) is 0. The summed E-state index contributed by atoms with van der Waals surface area (Å²) in [4.78, 5) is 28.7.